The number of carboxylic acid groups (broad SMARTS) is 1. The van der Waals surface area contributed by atoms with Gasteiger partial charge in [0.2, 0.25) is 0 Å². The number of fused-ring (bicyclic) bond motifs is 1. The molecule has 12 heteroatoms. The van der Waals surface area contributed by atoms with E-state index in [1.165, 1.54) is 16.8 Å². The number of hydrogen-bond acceptors (Lipinski definition) is 5. The lowest BCUT2D eigenvalue weighted by atomic mass is 9.77. The van der Waals surface area contributed by atoms with Gasteiger partial charge in [-0.1, -0.05) is 44.2 Å². The number of anilines is 1. The summed E-state index contributed by atoms with van der Waals surface area (Å²) < 4.78 is 42.5. The van der Waals surface area contributed by atoms with E-state index < -0.39 is 35.7 Å². The zero-order chi connectivity index (χ0) is 28.4. The highest BCUT2D eigenvalue weighted by Crippen LogP contribution is 2.32. The number of aryl methyl sites for hydroxylation is 1. The standard InChI is InChI=1S/C27H26F3N5O4/c1-16(2)26(13-5-4-6-22(26)33-25(37)38)31-15-17-7-12-20-21(14-17)35(3)34-23(20)24(36)32-18-8-10-19(11-9-18)39-27(28,29)30/h4-16,22,33H,1-3H3,(H,32,36)(H,37,38). The van der Waals surface area contributed by atoms with Gasteiger partial charge in [0.15, 0.2) is 5.69 Å². The van der Waals surface area contributed by atoms with Crippen molar-refractivity contribution in [2.45, 2.75) is 31.8 Å². The van der Waals surface area contributed by atoms with E-state index in [4.69, 9.17) is 4.99 Å². The minimum absolute atomic E-state index is 0.0309. The van der Waals surface area contributed by atoms with Crippen LogP contribution in [0.1, 0.15) is 29.9 Å². The molecule has 3 N–H and O–H groups in total. The highest BCUT2D eigenvalue weighted by molar-refractivity contribution is 6.11. The Kier molecular flexibility index (Phi) is 7.48. The number of aliphatic imine (C=N–C) groups is 1. The third-order valence-corrected chi connectivity index (χ3v) is 6.35. The fourth-order valence-electron chi connectivity index (χ4n) is 4.40. The molecule has 39 heavy (non-hydrogen) atoms. The number of carbonyl (C=O) groups excluding carboxylic acids is 1. The third-order valence-electron chi connectivity index (χ3n) is 6.35. The normalized spacial score (nSPS) is 19.1. The number of amides is 2. The van der Waals surface area contributed by atoms with E-state index in [2.05, 4.69) is 20.5 Å². The quantitative estimate of drug-likeness (QED) is 0.351. The molecule has 2 aromatic carbocycles. The predicted octanol–water partition coefficient (Wildman–Crippen LogP) is 5.30. The first kappa shape index (κ1) is 27.4. The van der Waals surface area contributed by atoms with Crippen molar-refractivity contribution in [3.63, 3.8) is 0 Å². The van der Waals surface area contributed by atoms with Crippen molar-refractivity contribution >= 4 is 34.8 Å². The third kappa shape index (κ3) is 6.11. The summed E-state index contributed by atoms with van der Waals surface area (Å²) in [5.41, 5.74) is 0.942. The van der Waals surface area contributed by atoms with Crippen LogP contribution >= 0.6 is 0 Å². The van der Waals surface area contributed by atoms with Crippen molar-refractivity contribution in [1.29, 1.82) is 0 Å². The molecular formula is C27H26F3N5O4. The van der Waals surface area contributed by atoms with Crippen LogP contribution in [0.15, 0.2) is 71.8 Å². The Hall–Kier alpha value is -4.61. The number of carbonyl (C=O) groups is 2. The number of ether oxygens (including phenoxy) is 1. The Balaban J connectivity index is 1.57. The molecular weight excluding hydrogens is 515 g/mol. The smallest absolute Gasteiger partial charge is 0.465 e. The first-order chi connectivity index (χ1) is 18.4. The summed E-state index contributed by atoms with van der Waals surface area (Å²) >= 11 is 0. The van der Waals surface area contributed by atoms with Crippen LogP contribution in [-0.2, 0) is 7.05 Å². The molecule has 0 spiro atoms. The summed E-state index contributed by atoms with van der Waals surface area (Å²) in [4.78, 5) is 29.1. The average Bonchev–Trinajstić information content (AvgIpc) is 3.19. The molecule has 1 aromatic heterocycles. The molecule has 2 unspecified atom stereocenters. The van der Waals surface area contributed by atoms with Gasteiger partial charge in [0, 0.05) is 24.3 Å². The molecule has 1 aliphatic rings. The predicted molar refractivity (Wildman–Crippen MR) is 140 cm³/mol. The number of hydrogen-bond donors (Lipinski definition) is 3. The molecule has 2 amide bonds. The lowest BCUT2D eigenvalue weighted by Gasteiger charge is -2.38. The Bertz CT molecular complexity index is 1480. The van der Waals surface area contributed by atoms with Crippen LogP contribution in [0.2, 0.25) is 0 Å². The first-order valence-corrected chi connectivity index (χ1v) is 11.9. The molecule has 0 fully saturated rings. The van der Waals surface area contributed by atoms with Crippen LogP contribution < -0.4 is 15.4 Å². The Morgan fingerprint density at radius 1 is 1.18 bits per heavy atom. The second kappa shape index (κ2) is 10.6. The van der Waals surface area contributed by atoms with E-state index in [0.717, 1.165) is 17.7 Å². The van der Waals surface area contributed by atoms with Gasteiger partial charge in [0.1, 0.15) is 11.3 Å². The Labute approximate surface area is 221 Å². The van der Waals surface area contributed by atoms with Crippen molar-refractivity contribution in [1.82, 2.24) is 15.1 Å². The lowest BCUT2D eigenvalue weighted by Crippen LogP contribution is -2.53. The van der Waals surface area contributed by atoms with Crippen LogP contribution in [0.4, 0.5) is 23.7 Å². The minimum atomic E-state index is -4.81. The van der Waals surface area contributed by atoms with Crippen molar-refractivity contribution in [3.8, 4) is 5.75 Å². The minimum Gasteiger partial charge on any atom is -0.465 e. The van der Waals surface area contributed by atoms with E-state index in [0.29, 0.717) is 10.9 Å². The summed E-state index contributed by atoms with van der Waals surface area (Å²) in [5, 5.41) is 19.3. The number of aromatic nitrogens is 2. The van der Waals surface area contributed by atoms with E-state index in [1.54, 1.807) is 37.5 Å². The number of benzene rings is 2. The van der Waals surface area contributed by atoms with E-state index in [9.17, 15) is 27.9 Å². The van der Waals surface area contributed by atoms with Gasteiger partial charge in [-0.05, 0) is 47.9 Å². The summed E-state index contributed by atoms with van der Waals surface area (Å²) in [7, 11) is 1.68. The molecule has 1 heterocycles. The molecule has 0 aliphatic heterocycles. The van der Waals surface area contributed by atoms with Gasteiger partial charge < -0.3 is 20.5 Å². The zero-order valence-electron chi connectivity index (χ0n) is 21.2. The molecule has 0 saturated carbocycles. The molecule has 0 radical (unpaired) electrons. The van der Waals surface area contributed by atoms with Crippen LogP contribution in [0.3, 0.4) is 0 Å². The van der Waals surface area contributed by atoms with Crippen LogP contribution in [0, 0.1) is 5.92 Å². The van der Waals surface area contributed by atoms with Gasteiger partial charge in [0.05, 0.1) is 11.6 Å². The fraction of sp³-hybridized carbons (Fsp3) is 0.259. The fourth-order valence-corrected chi connectivity index (χ4v) is 4.40. The van der Waals surface area contributed by atoms with Crippen LogP contribution in [0.5, 0.6) is 5.75 Å². The summed E-state index contributed by atoms with van der Waals surface area (Å²) in [6.07, 6.45) is 2.96. The second-order valence-electron chi connectivity index (χ2n) is 9.25. The molecule has 4 rings (SSSR count). The van der Waals surface area contributed by atoms with Crippen LogP contribution in [-0.4, -0.2) is 51.0 Å². The zero-order valence-corrected chi connectivity index (χ0v) is 21.2. The van der Waals surface area contributed by atoms with Gasteiger partial charge in [-0.3, -0.25) is 14.5 Å². The first-order valence-electron chi connectivity index (χ1n) is 11.9. The van der Waals surface area contributed by atoms with Gasteiger partial charge in [-0.25, -0.2) is 4.79 Å². The van der Waals surface area contributed by atoms with Crippen molar-refractivity contribution in [3.05, 3.63) is 78.0 Å². The topological polar surface area (TPSA) is 118 Å². The maximum atomic E-state index is 12.9. The molecule has 3 aromatic rings. The van der Waals surface area contributed by atoms with E-state index >= 15 is 0 Å². The number of halogens is 3. The summed E-state index contributed by atoms with van der Waals surface area (Å²) in [6.45, 7) is 3.92. The largest absolute Gasteiger partial charge is 0.573 e. The second-order valence-corrected chi connectivity index (χ2v) is 9.25. The molecule has 0 bridgehead atoms. The van der Waals surface area contributed by atoms with E-state index in [1.807, 2.05) is 32.1 Å². The van der Waals surface area contributed by atoms with Crippen LogP contribution in [0.25, 0.3) is 10.9 Å². The van der Waals surface area contributed by atoms with Crippen molar-refractivity contribution in [2.24, 2.45) is 18.0 Å². The van der Waals surface area contributed by atoms with Gasteiger partial charge in [-0.15, -0.1) is 13.2 Å². The summed E-state index contributed by atoms with van der Waals surface area (Å²) in [6, 6.07) is 9.54. The molecule has 0 saturated heterocycles. The number of allylic oxidation sites excluding steroid dienone is 2. The Morgan fingerprint density at radius 2 is 1.90 bits per heavy atom. The summed E-state index contributed by atoms with van der Waals surface area (Å²) in [5.74, 6) is -0.967. The maximum Gasteiger partial charge on any atom is 0.573 e. The molecule has 9 nitrogen and oxygen atoms in total. The van der Waals surface area contributed by atoms with Gasteiger partial charge >= 0.3 is 12.5 Å². The Morgan fingerprint density at radius 3 is 2.54 bits per heavy atom. The van der Waals surface area contributed by atoms with Crippen molar-refractivity contribution in [2.75, 3.05) is 5.32 Å². The van der Waals surface area contributed by atoms with E-state index in [-0.39, 0.29) is 17.3 Å². The number of alkyl halides is 3. The molecule has 2 atom stereocenters. The molecule has 204 valence electrons. The number of nitrogens with zero attached hydrogens (tertiary/aromatic N) is 3. The molecule has 1 aliphatic carbocycles. The average molecular weight is 542 g/mol. The van der Waals surface area contributed by atoms with Crippen molar-refractivity contribution < 1.29 is 32.6 Å². The highest BCUT2D eigenvalue weighted by atomic mass is 19.4. The SMILES string of the molecule is CC(C)C1(N=Cc2ccc3c(C(=O)Nc4ccc(OC(F)(F)F)cc4)nn(C)c3c2)C=CC=CC1NC(=O)O. The highest BCUT2D eigenvalue weighted by Gasteiger charge is 2.39. The van der Waals surface area contributed by atoms with Gasteiger partial charge in [0.25, 0.3) is 5.91 Å². The monoisotopic (exact) mass is 541 g/mol. The van der Waals surface area contributed by atoms with Gasteiger partial charge in [-0.2, -0.15) is 5.10 Å². The maximum absolute atomic E-state index is 12.9. The lowest BCUT2D eigenvalue weighted by molar-refractivity contribution is -0.274. The number of rotatable bonds is 7. The number of nitrogens with one attached hydrogen (secondary N) is 2.